The molecule has 2 aromatic carbocycles. The van der Waals surface area contributed by atoms with Crippen LogP contribution in [0.4, 0.5) is 26.3 Å². The van der Waals surface area contributed by atoms with E-state index in [0.717, 1.165) is 0 Å². The Kier molecular flexibility index (Phi) is 15.6. The summed E-state index contributed by atoms with van der Waals surface area (Å²) >= 11 is 0. The Hall–Kier alpha value is -6.20. The average Bonchev–Trinajstić information content (AvgIpc) is 3.87. The minimum atomic E-state index is -4.67. The van der Waals surface area contributed by atoms with Crippen LogP contribution >= 0.6 is 0 Å². The molecule has 4 aromatic heterocycles. The molecule has 2 unspecified atom stereocenters. The Morgan fingerprint density at radius 1 is 0.661 bits per heavy atom. The number of aryl methyl sites for hydroxylation is 4. The summed E-state index contributed by atoms with van der Waals surface area (Å²) in [6.07, 6.45) is -1.77. The number of rotatable bonds is 17. The predicted octanol–water partition coefficient (Wildman–Crippen LogP) is 11.2. The summed E-state index contributed by atoms with van der Waals surface area (Å²) in [6.45, 7) is 9.38. The molecule has 18 heteroatoms. The summed E-state index contributed by atoms with van der Waals surface area (Å²) in [5, 5.41) is 16.0. The molecule has 6 aromatic rings. The molecule has 4 heterocycles. The van der Waals surface area contributed by atoms with Crippen LogP contribution in [0.3, 0.4) is 0 Å². The first-order valence-electron chi connectivity index (χ1n) is 20.1. The molecule has 12 nitrogen and oxygen atoms in total. The van der Waals surface area contributed by atoms with Gasteiger partial charge in [0.1, 0.15) is 11.5 Å². The lowest BCUT2D eigenvalue weighted by Crippen LogP contribution is -2.22. The van der Waals surface area contributed by atoms with Crippen molar-refractivity contribution in [1.82, 2.24) is 20.3 Å². The van der Waals surface area contributed by atoms with Gasteiger partial charge in [0.15, 0.2) is 22.6 Å². The predicted molar refractivity (Wildman–Crippen MR) is 213 cm³/mol. The molecule has 0 aliphatic carbocycles. The Bertz CT molecular complexity index is 2440. The monoisotopic (exact) mass is 872 g/mol. The van der Waals surface area contributed by atoms with E-state index in [1.807, 2.05) is 27.7 Å². The molecule has 0 aliphatic heterocycles. The van der Waals surface area contributed by atoms with Gasteiger partial charge in [0.2, 0.25) is 12.2 Å². The minimum Gasteiger partial charge on any atom is -0.478 e. The number of carboxylic acids is 1. The molecule has 0 amide bonds. The topological polar surface area (TPSA) is 160 Å². The van der Waals surface area contributed by atoms with E-state index in [0.29, 0.717) is 90.5 Å². The molecule has 0 saturated carbocycles. The number of carbonyl (C=O) groups is 2. The zero-order valence-corrected chi connectivity index (χ0v) is 34.7. The molecule has 0 aliphatic rings. The molecular formula is C44H46F6N4O8. The van der Waals surface area contributed by atoms with Crippen LogP contribution in [-0.2, 0) is 52.4 Å². The Labute approximate surface area is 352 Å². The molecule has 0 radical (unpaired) electrons. The fourth-order valence-electron chi connectivity index (χ4n) is 6.97. The third-order valence-electron chi connectivity index (χ3n) is 9.52. The van der Waals surface area contributed by atoms with Crippen molar-refractivity contribution >= 4 is 33.9 Å². The van der Waals surface area contributed by atoms with Crippen LogP contribution in [-0.4, -0.2) is 43.9 Å². The van der Waals surface area contributed by atoms with E-state index >= 15 is 0 Å². The van der Waals surface area contributed by atoms with Crippen molar-refractivity contribution in [3.8, 4) is 11.5 Å². The summed E-state index contributed by atoms with van der Waals surface area (Å²) in [4.78, 5) is 32.6. The number of alkyl halides is 6. The first-order chi connectivity index (χ1) is 29.6. The van der Waals surface area contributed by atoms with Crippen LogP contribution in [0.15, 0.2) is 70.2 Å². The van der Waals surface area contributed by atoms with Crippen molar-refractivity contribution in [2.24, 2.45) is 0 Å². The maximum Gasteiger partial charge on any atom is 0.437 e. The number of hydrogen-bond donors (Lipinski definition) is 1. The number of fused-ring (bicyclic) bond motifs is 2. The molecule has 2 atom stereocenters. The minimum absolute atomic E-state index is 0.0165. The van der Waals surface area contributed by atoms with E-state index in [-0.39, 0.29) is 34.3 Å². The second-order valence-corrected chi connectivity index (χ2v) is 14.2. The fraction of sp³-hybridized carbons (Fsp3) is 0.409. The number of carbonyl (C=O) groups excluding carboxylic acids is 1. The summed E-state index contributed by atoms with van der Waals surface area (Å²) < 4.78 is 108. The van der Waals surface area contributed by atoms with Gasteiger partial charge in [0, 0.05) is 47.0 Å². The molecule has 6 rings (SSSR count). The van der Waals surface area contributed by atoms with Crippen molar-refractivity contribution in [1.29, 1.82) is 0 Å². The van der Waals surface area contributed by atoms with Crippen LogP contribution in [0.25, 0.3) is 21.9 Å². The van der Waals surface area contributed by atoms with Crippen molar-refractivity contribution in [3.05, 3.63) is 106 Å². The number of nitrogens with zero attached hydrogens (tertiary/aromatic N) is 4. The first kappa shape index (κ1) is 46.9. The summed E-state index contributed by atoms with van der Waals surface area (Å²) in [7, 11) is 0. The molecule has 0 bridgehead atoms. The maximum absolute atomic E-state index is 13.5. The van der Waals surface area contributed by atoms with Crippen LogP contribution in [0.5, 0.6) is 11.5 Å². The van der Waals surface area contributed by atoms with Gasteiger partial charge in [-0.3, -0.25) is 9.97 Å². The highest BCUT2D eigenvalue weighted by Gasteiger charge is 2.40. The quantitative estimate of drug-likeness (QED) is 0.0683. The van der Waals surface area contributed by atoms with Gasteiger partial charge in [-0.1, -0.05) is 75.8 Å². The van der Waals surface area contributed by atoms with Gasteiger partial charge < -0.3 is 28.4 Å². The molecular weight excluding hydrogens is 826 g/mol. The van der Waals surface area contributed by atoms with Crippen molar-refractivity contribution in [3.63, 3.8) is 0 Å². The smallest absolute Gasteiger partial charge is 0.437 e. The molecule has 0 saturated heterocycles. The standard InChI is InChI=1S/C23H25F3N2O4.C21H21F3N2O4/c1-4-8-14-12-17-20(32-28-21(17)23(24,25)26)16(9-5-2)18(14)31-19(22(29)30-6-3)15-10-7-11-27-13-15;1-3-6-12-10-15-18(30-26-19(15)21(22,23)24)14(7-4-2)16(12)29-17(20(27)28)13-8-5-9-25-11-13/h7,10-13,19H,4-6,8-9H2,1-3H3;5,8-11,17H,3-4,6-7H2,1-2H3,(H,27,28). The normalized spacial score (nSPS) is 12.8. The number of carboxylic acid groups (broad SMARTS) is 1. The summed E-state index contributed by atoms with van der Waals surface area (Å²) in [6, 6.07) is 9.25. The van der Waals surface area contributed by atoms with Crippen LogP contribution < -0.4 is 9.47 Å². The second-order valence-electron chi connectivity index (χ2n) is 14.2. The van der Waals surface area contributed by atoms with E-state index in [1.165, 1.54) is 30.7 Å². The molecule has 0 spiro atoms. The average molecular weight is 873 g/mol. The Balaban J connectivity index is 0.000000235. The molecule has 1 N–H and O–H groups in total. The number of pyridine rings is 2. The van der Waals surface area contributed by atoms with Crippen molar-refractivity contribution in [2.45, 2.75) is 111 Å². The Morgan fingerprint density at radius 3 is 1.44 bits per heavy atom. The largest absolute Gasteiger partial charge is 0.478 e. The highest BCUT2D eigenvalue weighted by Crippen LogP contribution is 2.44. The molecule has 62 heavy (non-hydrogen) atoms. The van der Waals surface area contributed by atoms with Gasteiger partial charge in [0.25, 0.3) is 0 Å². The highest BCUT2D eigenvalue weighted by molar-refractivity contribution is 5.88. The second kappa shape index (κ2) is 20.6. The number of ether oxygens (including phenoxy) is 3. The maximum atomic E-state index is 13.5. The molecule has 332 valence electrons. The number of benzene rings is 2. The van der Waals surface area contributed by atoms with Gasteiger partial charge >= 0.3 is 24.3 Å². The number of esters is 1. The highest BCUT2D eigenvalue weighted by atomic mass is 19.4. The van der Waals surface area contributed by atoms with E-state index < -0.39 is 47.9 Å². The van der Waals surface area contributed by atoms with Crippen LogP contribution in [0.1, 0.15) is 117 Å². The summed E-state index contributed by atoms with van der Waals surface area (Å²) in [5.74, 6) is -1.29. The first-order valence-corrected chi connectivity index (χ1v) is 20.1. The SMILES string of the molecule is CCCc1cc2c(C(F)(F)F)noc2c(CCC)c1OC(C(=O)O)c1cccnc1.CCCc1cc2c(C(F)(F)F)noc2c(CCC)c1OC(C(=O)OCC)c1cccnc1. The third-order valence-corrected chi connectivity index (χ3v) is 9.52. The lowest BCUT2D eigenvalue weighted by atomic mass is 9.97. The summed E-state index contributed by atoms with van der Waals surface area (Å²) in [5.41, 5.74) is 0.493. The van der Waals surface area contributed by atoms with Gasteiger partial charge in [-0.05, 0) is 68.0 Å². The lowest BCUT2D eigenvalue weighted by molar-refractivity contribution is -0.152. The number of aliphatic carboxylic acids is 1. The van der Waals surface area contributed by atoms with Crippen LogP contribution in [0, 0.1) is 0 Å². The van der Waals surface area contributed by atoms with E-state index in [2.05, 4.69) is 20.3 Å². The van der Waals surface area contributed by atoms with E-state index in [4.69, 9.17) is 23.3 Å². The Morgan fingerprint density at radius 2 is 1.08 bits per heavy atom. The number of halogens is 6. The number of aromatic nitrogens is 4. The van der Waals surface area contributed by atoms with Gasteiger partial charge in [0.05, 0.1) is 17.4 Å². The van der Waals surface area contributed by atoms with Crippen molar-refractivity contribution in [2.75, 3.05) is 6.61 Å². The van der Waals surface area contributed by atoms with E-state index in [1.54, 1.807) is 37.4 Å². The number of hydrogen-bond acceptors (Lipinski definition) is 11. The van der Waals surface area contributed by atoms with Gasteiger partial charge in [-0.15, -0.1) is 0 Å². The van der Waals surface area contributed by atoms with Crippen LogP contribution in [0.2, 0.25) is 0 Å². The lowest BCUT2D eigenvalue weighted by Gasteiger charge is -2.22. The van der Waals surface area contributed by atoms with E-state index in [9.17, 15) is 41.0 Å². The third kappa shape index (κ3) is 10.6. The van der Waals surface area contributed by atoms with Gasteiger partial charge in [-0.25, -0.2) is 9.59 Å². The zero-order chi connectivity index (χ0) is 45.2. The molecule has 0 fully saturated rings. The fourth-order valence-corrected chi connectivity index (χ4v) is 6.97. The zero-order valence-electron chi connectivity index (χ0n) is 34.7. The van der Waals surface area contributed by atoms with Crippen molar-refractivity contribution < 1.29 is 64.3 Å². The van der Waals surface area contributed by atoms with Gasteiger partial charge in [-0.2, -0.15) is 26.3 Å².